The molecule has 6 N–H and O–H groups in total. The van der Waals surface area contributed by atoms with E-state index in [-0.39, 0.29) is 42.3 Å². The first kappa shape index (κ1) is 34.2. The highest BCUT2D eigenvalue weighted by molar-refractivity contribution is 5.91. The maximum absolute atomic E-state index is 13.8. The Hall–Kier alpha value is -4.70. The molecule has 3 aromatic rings. The molecular weight excluding hydrogens is 582 g/mol. The topological polar surface area (TPSA) is 154 Å². The number of aryl methyl sites for hydroxylation is 2. The highest BCUT2D eigenvalue weighted by Gasteiger charge is 2.36. The average molecular weight is 628 g/mol. The third-order valence-electron chi connectivity index (χ3n) is 8.48. The summed E-state index contributed by atoms with van der Waals surface area (Å²) >= 11 is 0. The molecule has 1 aliphatic rings. The zero-order valence-corrected chi connectivity index (χ0v) is 26.8. The number of carbonyl (C=O) groups excluding carboxylic acids is 4. The van der Waals surface area contributed by atoms with Gasteiger partial charge in [0, 0.05) is 33.0 Å². The number of hydrogen-bond acceptors (Lipinski definition) is 6. The number of amides is 4. The van der Waals surface area contributed by atoms with Crippen LogP contribution >= 0.6 is 0 Å². The Morgan fingerprint density at radius 2 is 1.59 bits per heavy atom. The van der Waals surface area contributed by atoms with Gasteiger partial charge in [-0.15, -0.1) is 0 Å². The molecule has 3 atom stereocenters. The van der Waals surface area contributed by atoms with Crippen LogP contribution in [-0.2, 0) is 45.1 Å². The predicted octanol–water partition coefficient (Wildman–Crippen LogP) is 2.94. The molecule has 1 aliphatic heterocycles. The molecule has 0 radical (unpaired) electrons. The number of aromatic hydroxyl groups is 1. The van der Waals surface area contributed by atoms with E-state index in [4.69, 9.17) is 5.73 Å². The first-order valence-corrected chi connectivity index (χ1v) is 15.8. The molecule has 0 saturated carbocycles. The number of fused-ring (bicyclic) bond motifs is 1. The number of nitrogens with zero attached hydrogens (tertiary/aromatic N) is 1. The van der Waals surface area contributed by atoms with Gasteiger partial charge in [0.05, 0.1) is 6.04 Å². The molecule has 0 aromatic heterocycles. The fraction of sp³-hybridized carbons (Fsp3) is 0.389. The Morgan fingerprint density at radius 3 is 2.26 bits per heavy atom. The minimum absolute atomic E-state index is 0.167. The van der Waals surface area contributed by atoms with Crippen LogP contribution in [0.5, 0.6) is 5.75 Å². The summed E-state index contributed by atoms with van der Waals surface area (Å²) in [6, 6.07) is 18.4. The lowest BCUT2D eigenvalue weighted by Crippen LogP contribution is -2.56. The average Bonchev–Trinajstić information content (AvgIpc) is 3.03. The predicted molar refractivity (Wildman–Crippen MR) is 176 cm³/mol. The van der Waals surface area contributed by atoms with Gasteiger partial charge >= 0.3 is 0 Å². The normalized spacial score (nSPS) is 15.3. The van der Waals surface area contributed by atoms with Crippen LogP contribution < -0.4 is 21.7 Å². The summed E-state index contributed by atoms with van der Waals surface area (Å²) in [5.41, 5.74) is 12.1. The molecule has 10 nitrogen and oxygen atoms in total. The fourth-order valence-corrected chi connectivity index (χ4v) is 6.03. The molecule has 0 aliphatic carbocycles. The Balaban J connectivity index is 1.34. The maximum Gasteiger partial charge on any atom is 0.243 e. The minimum atomic E-state index is -0.860. The molecule has 10 heteroatoms. The van der Waals surface area contributed by atoms with E-state index in [0.717, 1.165) is 33.4 Å². The first-order valence-electron chi connectivity index (χ1n) is 15.8. The summed E-state index contributed by atoms with van der Waals surface area (Å²) in [5.74, 6) is -0.941. The molecule has 0 spiro atoms. The first-order chi connectivity index (χ1) is 22.0. The molecule has 0 bridgehead atoms. The van der Waals surface area contributed by atoms with E-state index < -0.39 is 18.1 Å². The number of phenolic OH excluding ortho intramolecular Hbond substituents is 1. The van der Waals surface area contributed by atoms with Crippen molar-refractivity contribution in [3.8, 4) is 5.75 Å². The summed E-state index contributed by atoms with van der Waals surface area (Å²) in [6.45, 7) is 6.14. The summed E-state index contributed by atoms with van der Waals surface area (Å²) in [4.78, 5) is 53.4. The van der Waals surface area contributed by atoms with Crippen molar-refractivity contribution < 1.29 is 24.3 Å². The van der Waals surface area contributed by atoms with E-state index in [1.165, 1.54) is 6.92 Å². The molecule has 4 amide bonds. The number of carbonyl (C=O) groups is 4. The fourth-order valence-electron chi connectivity index (χ4n) is 6.03. The van der Waals surface area contributed by atoms with E-state index in [0.29, 0.717) is 38.8 Å². The molecule has 4 rings (SSSR count). The van der Waals surface area contributed by atoms with Crippen LogP contribution in [0.15, 0.2) is 66.7 Å². The smallest absolute Gasteiger partial charge is 0.243 e. The quantitative estimate of drug-likeness (QED) is 0.184. The number of unbranched alkanes of at least 4 members (excludes halogenated alkanes) is 1. The van der Waals surface area contributed by atoms with E-state index in [1.54, 1.807) is 17.0 Å². The van der Waals surface area contributed by atoms with E-state index >= 15 is 0 Å². The van der Waals surface area contributed by atoms with Gasteiger partial charge in [-0.2, -0.15) is 0 Å². The third-order valence-corrected chi connectivity index (χ3v) is 8.48. The van der Waals surface area contributed by atoms with Gasteiger partial charge in [-0.05, 0) is 85.0 Å². The van der Waals surface area contributed by atoms with Gasteiger partial charge in [0.1, 0.15) is 17.8 Å². The van der Waals surface area contributed by atoms with Gasteiger partial charge in [0.2, 0.25) is 23.6 Å². The molecule has 0 saturated heterocycles. The highest BCUT2D eigenvalue weighted by Crippen LogP contribution is 2.26. The van der Waals surface area contributed by atoms with Crippen molar-refractivity contribution in [1.82, 2.24) is 20.9 Å². The van der Waals surface area contributed by atoms with Crippen LogP contribution in [-0.4, -0.2) is 58.3 Å². The Kier molecular flexibility index (Phi) is 11.9. The van der Waals surface area contributed by atoms with Gasteiger partial charge in [-0.1, -0.05) is 54.6 Å². The van der Waals surface area contributed by atoms with Gasteiger partial charge in [-0.3, -0.25) is 19.2 Å². The van der Waals surface area contributed by atoms with Gasteiger partial charge < -0.3 is 31.7 Å². The van der Waals surface area contributed by atoms with Crippen LogP contribution in [0, 0.1) is 13.8 Å². The van der Waals surface area contributed by atoms with Crippen LogP contribution in [0.4, 0.5) is 0 Å². The third kappa shape index (κ3) is 9.17. The minimum Gasteiger partial charge on any atom is -0.508 e. The lowest BCUT2D eigenvalue weighted by atomic mass is 9.91. The number of nitrogens with two attached hydrogens (primary N) is 1. The number of hydrogen-bond donors (Lipinski definition) is 5. The SMILES string of the molecule is CC(=O)N[C@@H](CCCCNC(=O)[C@@H]1Cc2ccccc2CN1C(=O)[C@@H](N)Cc1c(C)cc(O)cc1C)C(=O)NCc1ccccc1. The van der Waals surface area contributed by atoms with Crippen molar-refractivity contribution in [2.75, 3.05) is 6.54 Å². The van der Waals surface area contributed by atoms with E-state index in [9.17, 15) is 24.3 Å². The second kappa shape index (κ2) is 16.0. The van der Waals surface area contributed by atoms with Crippen LogP contribution in [0.25, 0.3) is 0 Å². The molecule has 46 heavy (non-hydrogen) atoms. The van der Waals surface area contributed by atoms with Gasteiger partial charge in [0.15, 0.2) is 0 Å². The van der Waals surface area contributed by atoms with Crippen molar-refractivity contribution in [3.05, 3.63) is 100 Å². The summed E-state index contributed by atoms with van der Waals surface area (Å²) < 4.78 is 0. The van der Waals surface area contributed by atoms with Crippen molar-refractivity contribution in [2.24, 2.45) is 5.73 Å². The van der Waals surface area contributed by atoms with Crippen molar-refractivity contribution in [1.29, 1.82) is 0 Å². The summed E-state index contributed by atoms with van der Waals surface area (Å²) in [6.07, 6.45) is 2.27. The number of phenols is 1. The lowest BCUT2D eigenvalue weighted by molar-refractivity contribution is -0.142. The standard InChI is InChI=1S/C36H45N5O5/c1-23-17-29(43)18-24(2)30(23)20-31(37)36(46)41-22-28-14-8-7-13-27(28)19-33(41)35(45)38-16-10-9-15-32(40-25(3)42)34(44)39-21-26-11-5-4-6-12-26/h4-8,11-14,17-18,31-33,43H,9-10,15-16,19-22,37H2,1-3H3,(H,38,45)(H,39,44)(H,40,42)/t31-,32-,33-/m0/s1. The molecule has 3 aromatic carbocycles. The molecule has 0 unspecified atom stereocenters. The number of benzene rings is 3. The molecule has 1 heterocycles. The molecule has 0 fully saturated rings. The van der Waals surface area contributed by atoms with Crippen LogP contribution in [0.2, 0.25) is 0 Å². The Morgan fingerprint density at radius 1 is 0.935 bits per heavy atom. The van der Waals surface area contributed by atoms with Crippen molar-refractivity contribution in [2.45, 2.75) is 84.1 Å². The lowest BCUT2D eigenvalue weighted by Gasteiger charge is -2.37. The van der Waals surface area contributed by atoms with Gasteiger partial charge in [0.25, 0.3) is 0 Å². The Bertz CT molecular complexity index is 1520. The Labute approximate surface area is 270 Å². The van der Waals surface area contributed by atoms with Crippen molar-refractivity contribution in [3.63, 3.8) is 0 Å². The second-order valence-corrected chi connectivity index (χ2v) is 12.1. The second-order valence-electron chi connectivity index (χ2n) is 12.1. The molecular formula is C36H45N5O5. The maximum atomic E-state index is 13.8. The number of nitrogens with one attached hydrogen (secondary N) is 3. The zero-order valence-electron chi connectivity index (χ0n) is 26.8. The van der Waals surface area contributed by atoms with Crippen LogP contribution in [0.3, 0.4) is 0 Å². The highest BCUT2D eigenvalue weighted by atomic mass is 16.3. The molecule has 244 valence electrons. The monoisotopic (exact) mass is 627 g/mol. The zero-order chi connectivity index (χ0) is 33.2. The number of rotatable bonds is 13. The van der Waals surface area contributed by atoms with E-state index in [2.05, 4.69) is 16.0 Å². The van der Waals surface area contributed by atoms with E-state index in [1.807, 2.05) is 68.4 Å². The largest absolute Gasteiger partial charge is 0.508 e. The van der Waals surface area contributed by atoms with Gasteiger partial charge in [-0.25, -0.2) is 0 Å². The summed E-state index contributed by atoms with van der Waals surface area (Å²) in [5, 5.41) is 18.5. The van der Waals surface area contributed by atoms with Crippen LogP contribution in [0.1, 0.15) is 59.6 Å². The van der Waals surface area contributed by atoms with Crippen molar-refractivity contribution >= 4 is 23.6 Å². The summed E-state index contributed by atoms with van der Waals surface area (Å²) in [7, 11) is 0.